The van der Waals surface area contributed by atoms with Gasteiger partial charge in [-0.05, 0) is 71.3 Å². The fourth-order valence-corrected chi connectivity index (χ4v) is 5.01. The Labute approximate surface area is 244 Å². The van der Waals surface area contributed by atoms with Crippen molar-refractivity contribution in [3.05, 3.63) is 129 Å². The topological polar surface area (TPSA) is 84.9 Å². The molecule has 4 aromatic rings. The number of anilines is 1. The molecule has 206 valence electrons. The normalized spacial score (nSPS) is 14.3. The van der Waals surface area contributed by atoms with Gasteiger partial charge in [-0.2, -0.15) is 0 Å². The molecule has 1 aliphatic rings. The number of hydrogen-bond acceptors (Lipinski definition) is 5. The predicted octanol–water partition coefficient (Wildman–Crippen LogP) is 6.43. The summed E-state index contributed by atoms with van der Waals surface area (Å²) in [6.45, 7) is 0.366. The molecule has 1 saturated heterocycles. The Hall–Kier alpha value is -4.76. The van der Waals surface area contributed by atoms with E-state index in [4.69, 9.17) is 9.47 Å². The number of carbonyl (C=O) groups excluding carboxylic acids is 3. The van der Waals surface area contributed by atoms with E-state index >= 15 is 0 Å². The van der Waals surface area contributed by atoms with Crippen LogP contribution in [0, 0.1) is 5.82 Å². The molecular formula is C32H24BrFN2O5. The lowest BCUT2D eigenvalue weighted by atomic mass is 10.0. The number of nitrogens with one attached hydrogen (secondary N) is 1. The molecule has 0 bridgehead atoms. The first-order valence-electron chi connectivity index (χ1n) is 12.6. The van der Waals surface area contributed by atoms with Crippen LogP contribution >= 0.6 is 15.9 Å². The van der Waals surface area contributed by atoms with Gasteiger partial charge in [-0.3, -0.25) is 14.9 Å². The van der Waals surface area contributed by atoms with Gasteiger partial charge in [0.1, 0.15) is 29.5 Å². The zero-order valence-corrected chi connectivity index (χ0v) is 23.5. The summed E-state index contributed by atoms with van der Waals surface area (Å²) < 4.78 is 25.7. The number of imide groups is 2. The van der Waals surface area contributed by atoms with Crippen molar-refractivity contribution in [3.63, 3.8) is 0 Å². The van der Waals surface area contributed by atoms with Crippen molar-refractivity contribution in [1.29, 1.82) is 0 Å². The van der Waals surface area contributed by atoms with Gasteiger partial charge in [0.05, 0.1) is 12.8 Å². The number of urea groups is 1. The zero-order valence-electron chi connectivity index (χ0n) is 21.9. The van der Waals surface area contributed by atoms with Crippen molar-refractivity contribution < 1.29 is 28.2 Å². The highest BCUT2D eigenvalue weighted by molar-refractivity contribution is 9.10. The van der Waals surface area contributed by atoms with Crippen LogP contribution < -0.4 is 19.7 Å². The summed E-state index contributed by atoms with van der Waals surface area (Å²) in [6.07, 6.45) is 1.79. The Balaban J connectivity index is 1.38. The van der Waals surface area contributed by atoms with Gasteiger partial charge in [-0.15, -0.1) is 0 Å². The van der Waals surface area contributed by atoms with Crippen molar-refractivity contribution >= 4 is 45.5 Å². The number of methoxy groups -OCH3 is 1. The first kappa shape index (κ1) is 27.8. The maximum atomic E-state index is 13.7. The van der Waals surface area contributed by atoms with E-state index in [1.165, 1.54) is 25.3 Å². The minimum Gasteiger partial charge on any atom is -0.496 e. The minimum atomic E-state index is -0.848. The summed E-state index contributed by atoms with van der Waals surface area (Å²) in [4.78, 5) is 39.7. The molecule has 41 heavy (non-hydrogen) atoms. The number of hydrogen-bond donors (Lipinski definition) is 1. The van der Waals surface area contributed by atoms with E-state index in [1.54, 1.807) is 42.5 Å². The summed E-state index contributed by atoms with van der Waals surface area (Å²) in [5.74, 6) is -0.870. The lowest BCUT2D eigenvalue weighted by molar-refractivity contribution is -0.122. The van der Waals surface area contributed by atoms with Crippen molar-refractivity contribution in [3.8, 4) is 11.5 Å². The third kappa shape index (κ3) is 6.36. The third-order valence-electron chi connectivity index (χ3n) is 6.42. The van der Waals surface area contributed by atoms with Gasteiger partial charge in [0.15, 0.2) is 0 Å². The molecule has 1 N–H and O–H groups in total. The molecule has 5 rings (SSSR count). The van der Waals surface area contributed by atoms with Crippen LogP contribution in [0.25, 0.3) is 6.08 Å². The quantitative estimate of drug-likeness (QED) is 0.182. The number of rotatable bonds is 8. The van der Waals surface area contributed by atoms with Crippen LogP contribution in [0.1, 0.15) is 22.3 Å². The van der Waals surface area contributed by atoms with Crippen molar-refractivity contribution in [2.24, 2.45) is 0 Å². The Kier molecular flexibility index (Phi) is 8.26. The van der Waals surface area contributed by atoms with Crippen molar-refractivity contribution in [2.45, 2.75) is 13.0 Å². The van der Waals surface area contributed by atoms with E-state index < -0.39 is 17.8 Å². The Morgan fingerprint density at radius 3 is 2.34 bits per heavy atom. The van der Waals surface area contributed by atoms with Gasteiger partial charge in [-0.1, -0.05) is 58.4 Å². The highest BCUT2D eigenvalue weighted by atomic mass is 79.9. The van der Waals surface area contributed by atoms with E-state index in [2.05, 4.69) is 21.2 Å². The van der Waals surface area contributed by atoms with Gasteiger partial charge in [0.25, 0.3) is 11.8 Å². The maximum Gasteiger partial charge on any atom is 0.335 e. The number of amides is 4. The number of benzene rings is 4. The van der Waals surface area contributed by atoms with E-state index in [0.29, 0.717) is 34.6 Å². The second kappa shape index (κ2) is 12.2. The lowest BCUT2D eigenvalue weighted by Gasteiger charge is -2.26. The standard InChI is InChI=1S/C32H24BrFN2O5/c1-40-29-18-22(17-28(33)26(29)15-21-8-5-9-23(34)14-21)16-27-30(37)35-32(39)36(31(27)38)24-10-12-25(13-11-24)41-19-20-6-3-2-4-7-20/h2-14,16-18H,15,19H2,1H3,(H,35,37,39)/b27-16+. The van der Waals surface area contributed by atoms with Gasteiger partial charge in [0, 0.05) is 16.5 Å². The number of carbonyl (C=O) groups is 3. The molecule has 0 atom stereocenters. The molecule has 1 aliphatic heterocycles. The molecule has 0 aliphatic carbocycles. The molecule has 0 aromatic heterocycles. The van der Waals surface area contributed by atoms with Gasteiger partial charge < -0.3 is 9.47 Å². The van der Waals surface area contributed by atoms with Crippen LogP contribution in [0.15, 0.2) is 101 Å². The predicted molar refractivity (Wildman–Crippen MR) is 156 cm³/mol. The Bertz CT molecular complexity index is 1650. The smallest absolute Gasteiger partial charge is 0.335 e. The summed E-state index contributed by atoms with van der Waals surface area (Å²) in [5, 5.41) is 2.23. The van der Waals surface area contributed by atoms with Crippen LogP contribution in [0.5, 0.6) is 11.5 Å². The zero-order chi connectivity index (χ0) is 28.9. The molecule has 0 radical (unpaired) electrons. The molecule has 4 amide bonds. The van der Waals surface area contributed by atoms with Crippen LogP contribution in [0.2, 0.25) is 0 Å². The van der Waals surface area contributed by atoms with Gasteiger partial charge >= 0.3 is 6.03 Å². The summed E-state index contributed by atoms with van der Waals surface area (Å²) in [5.41, 5.74) is 3.08. The average molecular weight is 615 g/mol. The largest absolute Gasteiger partial charge is 0.496 e. The minimum absolute atomic E-state index is 0.221. The first-order chi connectivity index (χ1) is 19.8. The average Bonchev–Trinajstić information content (AvgIpc) is 2.96. The highest BCUT2D eigenvalue weighted by Crippen LogP contribution is 2.33. The van der Waals surface area contributed by atoms with E-state index in [0.717, 1.165) is 21.6 Å². The van der Waals surface area contributed by atoms with Crippen LogP contribution in [-0.4, -0.2) is 25.0 Å². The van der Waals surface area contributed by atoms with E-state index in [9.17, 15) is 18.8 Å². The summed E-state index contributed by atoms with van der Waals surface area (Å²) >= 11 is 3.54. The third-order valence-corrected chi connectivity index (χ3v) is 7.13. The monoisotopic (exact) mass is 614 g/mol. The number of barbiturate groups is 1. The molecule has 4 aromatic carbocycles. The van der Waals surface area contributed by atoms with E-state index in [1.807, 2.05) is 36.4 Å². The number of halogens is 2. The lowest BCUT2D eigenvalue weighted by Crippen LogP contribution is -2.54. The first-order valence-corrected chi connectivity index (χ1v) is 13.4. The Morgan fingerprint density at radius 2 is 1.63 bits per heavy atom. The Morgan fingerprint density at radius 1 is 0.902 bits per heavy atom. The SMILES string of the molecule is COc1cc(/C=C2\C(=O)NC(=O)N(c3ccc(OCc4ccccc4)cc3)C2=O)cc(Br)c1Cc1cccc(F)c1. The molecule has 1 fully saturated rings. The molecular weight excluding hydrogens is 591 g/mol. The maximum absolute atomic E-state index is 13.7. The second-order valence-corrected chi connectivity index (χ2v) is 10.1. The summed E-state index contributed by atoms with van der Waals surface area (Å²) in [7, 11) is 1.50. The van der Waals surface area contributed by atoms with E-state index in [-0.39, 0.29) is 17.1 Å². The molecule has 9 heteroatoms. The second-order valence-electron chi connectivity index (χ2n) is 9.22. The fraction of sp³-hybridized carbons (Fsp3) is 0.0938. The van der Waals surface area contributed by atoms with Crippen LogP contribution in [0.4, 0.5) is 14.9 Å². The van der Waals surface area contributed by atoms with Crippen molar-refractivity contribution in [2.75, 3.05) is 12.0 Å². The fourth-order valence-electron chi connectivity index (χ4n) is 4.41. The summed E-state index contributed by atoms with van der Waals surface area (Å²) in [6, 6.07) is 24.9. The van der Waals surface area contributed by atoms with Gasteiger partial charge in [-0.25, -0.2) is 14.1 Å². The molecule has 0 saturated carbocycles. The molecule has 0 unspecified atom stereocenters. The van der Waals surface area contributed by atoms with Gasteiger partial charge in [0.2, 0.25) is 0 Å². The van der Waals surface area contributed by atoms with Crippen LogP contribution in [0.3, 0.4) is 0 Å². The van der Waals surface area contributed by atoms with Crippen LogP contribution in [-0.2, 0) is 22.6 Å². The van der Waals surface area contributed by atoms with Crippen molar-refractivity contribution in [1.82, 2.24) is 5.32 Å². The number of ether oxygens (including phenoxy) is 2. The number of nitrogens with zero attached hydrogens (tertiary/aromatic N) is 1. The molecule has 0 spiro atoms. The highest BCUT2D eigenvalue weighted by Gasteiger charge is 2.37. The molecule has 1 heterocycles. The molecule has 7 nitrogen and oxygen atoms in total.